The first-order chi connectivity index (χ1) is 10.3. The van der Waals surface area contributed by atoms with Gasteiger partial charge >= 0.3 is 0 Å². The molecule has 0 amide bonds. The quantitative estimate of drug-likeness (QED) is 0.462. The third-order valence-corrected chi connectivity index (χ3v) is 2.15. The molecule has 1 heterocycles. The Hall–Kier alpha value is -1.68. The number of rotatable bonds is 7. The third kappa shape index (κ3) is 27.5. The summed E-state index contributed by atoms with van der Waals surface area (Å²) in [5.41, 5.74) is 0. The summed E-state index contributed by atoms with van der Waals surface area (Å²) in [6.07, 6.45) is 11.3. The van der Waals surface area contributed by atoms with Crippen LogP contribution in [-0.2, 0) is 16.2 Å². The van der Waals surface area contributed by atoms with E-state index in [0.29, 0.717) is 12.2 Å². The van der Waals surface area contributed by atoms with Crippen LogP contribution in [0.2, 0.25) is 0 Å². The average molecular weight is 298 g/mol. The van der Waals surface area contributed by atoms with Gasteiger partial charge < -0.3 is 19.1 Å². The second kappa shape index (κ2) is 26.8. The maximum Gasteiger partial charge on any atom is 0.129 e. The number of hydrogen-bond donors (Lipinski definition) is 1. The summed E-state index contributed by atoms with van der Waals surface area (Å²) in [7, 11) is 0. The molecule has 0 aliphatic heterocycles. The van der Waals surface area contributed by atoms with E-state index in [9.17, 15) is 4.79 Å². The van der Waals surface area contributed by atoms with Crippen molar-refractivity contribution in [1.82, 2.24) is 0 Å². The highest BCUT2D eigenvalue weighted by atomic mass is 16.4. The van der Waals surface area contributed by atoms with Gasteiger partial charge in [-0.1, -0.05) is 32.8 Å². The highest BCUT2D eigenvalue weighted by Gasteiger charge is 1.85. The number of furan rings is 1. The highest BCUT2D eigenvalue weighted by Crippen LogP contribution is 1.97. The Morgan fingerprint density at radius 2 is 1.86 bits per heavy atom. The van der Waals surface area contributed by atoms with Crippen LogP contribution in [0.4, 0.5) is 0 Å². The smallest absolute Gasteiger partial charge is 0.129 e. The number of carbonyl (C=O) groups is 2. The van der Waals surface area contributed by atoms with Crippen molar-refractivity contribution < 1.29 is 19.1 Å². The van der Waals surface area contributed by atoms with Gasteiger partial charge in [0.05, 0.1) is 6.26 Å². The molecule has 1 aromatic heterocycles. The molecule has 4 heteroatoms. The van der Waals surface area contributed by atoms with Gasteiger partial charge in [-0.15, -0.1) is 6.58 Å². The molecule has 21 heavy (non-hydrogen) atoms. The van der Waals surface area contributed by atoms with Crippen LogP contribution in [0.15, 0.2) is 35.5 Å². The third-order valence-electron chi connectivity index (χ3n) is 2.15. The van der Waals surface area contributed by atoms with E-state index < -0.39 is 0 Å². The first kappa shape index (κ1) is 24.3. The Kier molecular flexibility index (Phi) is 31.1. The molecule has 0 saturated carbocycles. The lowest BCUT2D eigenvalue weighted by molar-refractivity contribution is -0.107. The monoisotopic (exact) mass is 298 g/mol. The van der Waals surface area contributed by atoms with Gasteiger partial charge in [0.25, 0.3) is 0 Å². The number of hydrogen-bond acceptors (Lipinski definition) is 4. The molecule has 0 saturated heterocycles. The molecular formula is C17H30O4. The molecule has 0 radical (unpaired) electrons. The minimum atomic E-state index is -0.00694. The molecule has 0 bridgehead atoms. The Balaban J connectivity index is -0.000000222. The van der Waals surface area contributed by atoms with E-state index in [1.807, 2.05) is 19.8 Å². The molecule has 0 aliphatic rings. The normalized spacial score (nSPS) is 7.95. The minimum absolute atomic E-state index is 0.00694. The van der Waals surface area contributed by atoms with E-state index in [-0.39, 0.29) is 6.61 Å². The Bertz CT molecular complexity index is 281. The van der Waals surface area contributed by atoms with Crippen LogP contribution in [0, 0.1) is 0 Å². The van der Waals surface area contributed by atoms with Crippen LogP contribution in [0.1, 0.15) is 58.1 Å². The van der Waals surface area contributed by atoms with Crippen LogP contribution in [0.3, 0.4) is 0 Å². The standard InChI is InChI=1S/C7H14.C5H6O2.C4H8O.CH2O/c1-3-5-7-6-4-2;6-4-5-2-1-3-7-5;1-2-3-4-5;1-2/h3H,1,4-7H2,2H3;1-3,6H,4H2;4H,2-3H2,1H3;1H2. The molecule has 0 fully saturated rings. The van der Waals surface area contributed by atoms with E-state index in [1.165, 1.54) is 31.9 Å². The summed E-state index contributed by atoms with van der Waals surface area (Å²) >= 11 is 0. The van der Waals surface area contributed by atoms with Crippen molar-refractivity contribution in [1.29, 1.82) is 0 Å². The Labute approximate surface area is 128 Å². The van der Waals surface area contributed by atoms with Gasteiger partial charge in [-0.3, -0.25) is 0 Å². The Morgan fingerprint density at radius 3 is 2.10 bits per heavy atom. The van der Waals surface area contributed by atoms with Gasteiger partial charge in [0.2, 0.25) is 0 Å². The van der Waals surface area contributed by atoms with E-state index in [1.54, 1.807) is 12.1 Å². The summed E-state index contributed by atoms with van der Waals surface area (Å²) in [5, 5.41) is 8.33. The summed E-state index contributed by atoms with van der Waals surface area (Å²) in [6, 6.07) is 3.46. The maximum absolute atomic E-state index is 9.40. The van der Waals surface area contributed by atoms with Gasteiger partial charge in [-0.25, -0.2) is 0 Å². The summed E-state index contributed by atoms with van der Waals surface area (Å²) < 4.78 is 4.73. The zero-order chi connectivity index (χ0) is 16.8. The molecule has 0 aromatic carbocycles. The lowest BCUT2D eigenvalue weighted by Gasteiger charge is -1.87. The lowest BCUT2D eigenvalue weighted by atomic mass is 10.2. The summed E-state index contributed by atoms with van der Waals surface area (Å²) in [6.45, 7) is 9.82. The molecule has 122 valence electrons. The van der Waals surface area contributed by atoms with E-state index in [0.717, 1.165) is 12.7 Å². The zero-order valence-electron chi connectivity index (χ0n) is 13.4. The zero-order valence-corrected chi connectivity index (χ0v) is 13.4. The van der Waals surface area contributed by atoms with Crippen molar-refractivity contribution in [3.63, 3.8) is 0 Å². The van der Waals surface area contributed by atoms with Crippen LogP contribution < -0.4 is 0 Å². The predicted molar refractivity (Wildman–Crippen MR) is 87.1 cm³/mol. The number of unbranched alkanes of at least 4 members (excludes halogenated alkanes) is 4. The molecule has 0 aliphatic carbocycles. The second-order valence-electron chi connectivity index (χ2n) is 3.98. The molecule has 1 rings (SSSR count). The maximum atomic E-state index is 9.40. The number of aliphatic hydroxyl groups is 1. The summed E-state index contributed by atoms with van der Waals surface area (Å²) in [4.78, 5) is 17.4. The van der Waals surface area contributed by atoms with Gasteiger partial charge in [0.1, 0.15) is 25.4 Å². The van der Waals surface area contributed by atoms with E-state index in [2.05, 4.69) is 13.5 Å². The number of aliphatic hydroxyl groups excluding tert-OH is 1. The highest BCUT2D eigenvalue weighted by molar-refractivity contribution is 5.48. The molecule has 0 unspecified atom stereocenters. The van der Waals surface area contributed by atoms with Gasteiger partial charge in [0.15, 0.2) is 0 Å². The molecule has 1 N–H and O–H groups in total. The van der Waals surface area contributed by atoms with Crippen LogP contribution in [0.5, 0.6) is 0 Å². The van der Waals surface area contributed by atoms with Gasteiger partial charge in [-0.2, -0.15) is 0 Å². The fourth-order valence-electron chi connectivity index (χ4n) is 1.06. The average Bonchev–Trinajstić information content (AvgIpc) is 3.05. The van der Waals surface area contributed by atoms with Crippen molar-refractivity contribution in [3.05, 3.63) is 36.8 Å². The topological polar surface area (TPSA) is 67.5 Å². The van der Waals surface area contributed by atoms with Crippen LogP contribution in [-0.4, -0.2) is 18.2 Å². The fraction of sp³-hybridized carbons (Fsp3) is 0.529. The molecule has 0 spiro atoms. The lowest BCUT2D eigenvalue weighted by Crippen LogP contribution is -1.72. The first-order valence-electron chi connectivity index (χ1n) is 7.23. The first-order valence-corrected chi connectivity index (χ1v) is 7.23. The van der Waals surface area contributed by atoms with Crippen molar-refractivity contribution in [2.24, 2.45) is 0 Å². The number of carbonyl (C=O) groups excluding carboxylic acids is 2. The number of aldehydes is 1. The van der Waals surface area contributed by atoms with Crippen LogP contribution in [0.25, 0.3) is 0 Å². The van der Waals surface area contributed by atoms with E-state index >= 15 is 0 Å². The SMILES string of the molecule is C=CCCCCC.C=O.CCCC=O.OCc1ccco1. The van der Waals surface area contributed by atoms with E-state index in [4.69, 9.17) is 14.3 Å². The molecular weight excluding hydrogens is 268 g/mol. The number of allylic oxidation sites excluding steroid dienone is 1. The van der Waals surface area contributed by atoms with Crippen molar-refractivity contribution in [2.45, 2.75) is 59.0 Å². The predicted octanol–water partition coefficient (Wildman–Crippen LogP) is 4.33. The molecule has 0 atom stereocenters. The van der Waals surface area contributed by atoms with Crippen molar-refractivity contribution in [3.8, 4) is 0 Å². The minimum Gasteiger partial charge on any atom is -0.467 e. The molecule has 4 nitrogen and oxygen atoms in total. The largest absolute Gasteiger partial charge is 0.467 e. The van der Waals surface area contributed by atoms with Gasteiger partial charge in [0, 0.05) is 6.42 Å². The van der Waals surface area contributed by atoms with Crippen molar-refractivity contribution >= 4 is 13.1 Å². The Morgan fingerprint density at radius 1 is 1.19 bits per heavy atom. The summed E-state index contributed by atoms with van der Waals surface area (Å²) in [5.74, 6) is 0.611. The van der Waals surface area contributed by atoms with Gasteiger partial charge in [-0.05, 0) is 31.4 Å². The molecule has 1 aromatic rings. The second-order valence-corrected chi connectivity index (χ2v) is 3.98. The van der Waals surface area contributed by atoms with Crippen molar-refractivity contribution in [2.75, 3.05) is 0 Å². The fourth-order valence-corrected chi connectivity index (χ4v) is 1.06. The van der Waals surface area contributed by atoms with Crippen LogP contribution >= 0.6 is 0 Å².